The Bertz CT molecular complexity index is 351. The first-order valence-corrected chi connectivity index (χ1v) is 6.22. The van der Waals surface area contributed by atoms with Gasteiger partial charge in [-0.25, -0.2) is 4.79 Å². The standard InChI is InChI=1S/C13H20BNO2/c1-12(2,3)17-11(16)15-8-13(9-15)6-4-10(14)5-7-13/h4H,5-9H2,1-3H3. The summed E-state index contributed by atoms with van der Waals surface area (Å²) in [6, 6.07) is 0. The summed E-state index contributed by atoms with van der Waals surface area (Å²) < 4.78 is 5.34. The minimum absolute atomic E-state index is 0.189. The lowest BCUT2D eigenvalue weighted by molar-refractivity contribution is -0.0378. The lowest BCUT2D eigenvalue weighted by Gasteiger charge is -2.51. The quantitative estimate of drug-likeness (QED) is 0.601. The van der Waals surface area contributed by atoms with E-state index in [1.54, 1.807) is 4.90 Å². The highest BCUT2D eigenvalue weighted by molar-refractivity contribution is 6.21. The van der Waals surface area contributed by atoms with Crippen LogP contribution in [-0.2, 0) is 4.74 Å². The molecule has 2 rings (SSSR count). The molecule has 1 amide bonds. The van der Waals surface area contributed by atoms with E-state index >= 15 is 0 Å². The van der Waals surface area contributed by atoms with Crippen LogP contribution in [0.5, 0.6) is 0 Å². The van der Waals surface area contributed by atoms with Gasteiger partial charge in [0.15, 0.2) is 0 Å². The van der Waals surface area contributed by atoms with Crippen molar-refractivity contribution in [3.05, 3.63) is 11.5 Å². The fraction of sp³-hybridized carbons (Fsp3) is 0.769. The molecule has 17 heavy (non-hydrogen) atoms. The minimum Gasteiger partial charge on any atom is -0.444 e. The first-order valence-electron chi connectivity index (χ1n) is 6.22. The van der Waals surface area contributed by atoms with Gasteiger partial charge in [0, 0.05) is 18.5 Å². The van der Waals surface area contributed by atoms with Crippen molar-refractivity contribution in [1.82, 2.24) is 4.90 Å². The summed E-state index contributed by atoms with van der Waals surface area (Å²) >= 11 is 0. The van der Waals surface area contributed by atoms with Crippen LogP contribution in [-0.4, -0.2) is 37.5 Å². The van der Waals surface area contributed by atoms with E-state index in [-0.39, 0.29) is 11.5 Å². The molecule has 1 spiro atoms. The zero-order valence-electron chi connectivity index (χ0n) is 11.0. The van der Waals surface area contributed by atoms with Crippen LogP contribution in [0.25, 0.3) is 0 Å². The third-order valence-electron chi connectivity index (χ3n) is 3.45. The van der Waals surface area contributed by atoms with Crippen LogP contribution in [0.15, 0.2) is 11.5 Å². The van der Waals surface area contributed by atoms with Gasteiger partial charge in [-0.15, -0.1) is 5.47 Å². The van der Waals surface area contributed by atoms with Crippen LogP contribution >= 0.6 is 0 Å². The summed E-state index contributed by atoms with van der Waals surface area (Å²) in [5, 5.41) is 0. The molecule has 0 aromatic carbocycles. The van der Waals surface area contributed by atoms with E-state index < -0.39 is 5.60 Å². The Balaban J connectivity index is 1.85. The van der Waals surface area contributed by atoms with E-state index in [1.165, 1.54) is 0 Å². The number of rotatable bonds is 0. The third-order valence-corrected chi connectivity index (χ3v) is 3.45. The lowest BCUT2D eigenvalue weighted by atomic mass is 9.67. The van der Waals surface area contributed by atoms with Gasteiger partial charge in [-0.1, -0.05) is 6.08 Å². The second kappa shape index (κ2) is 4.07. The van der Waals surface area contributed by atoms with Crippen LogP contribution in [0.3, 0.4) is 0 Å². The van der Waals surface area contributed by atoms with Crippen molar-refractivity contribution in [2.75, 3.05) is 13.1 Å². The molecule has 0 aromatic rings. The molecule has 4 heteroatoms. The Labute approximate surface area is 105 Å². The van der Waals surface area contributed by atoms with Crippen molar-refractivity contribution in [2.45, 2.75) is 45.6 Å². The monoisotopic (exact) mass is 233 g/mol. The Hall–Kier alpha value is -0.925. The zero-order valence-corrected chi connectivity index (χ0v) is 11.0. The van der Waals surface area contributed by atoms with Gasteiger partial charge in [0.25, 0.3) is 0 Å². The maximum atomic E-state index is 11.8. The molecule has 0 N–H and O–H groups in total. The van der Waals surface area contributed by atoms with Gasteiger partial charge in [0.2, 0.25) is 0 Å². The van der Waals surface area contributed by atoms with Gasteiger partial charge in [-0.2, -0.15) is 0 Å². The smallest absolute Gasteiger partial charge is 0.410 e. The molecule has 0 aromatic heterocycles. The molecule has 1 aliphatic carbocycles. The summed E-state index contributed by atoms with van der Waals surface area (Å²) in [6.07, 6.45) is 4.97. The highest BCUT2D eigenvalue weighted by Gasteiger charge is 2.46. The number of hydrogen-bond acceptors (Lipinski definition) is 2. The van der Waals surface area contributed by atoms with Crippen molar-refractivity contribution in [2.24, 2.45) is 5.41 Å². The number of likely N-dealkylation sites (tertiary alicyclic amines) is 1. The molecule has 1 fully saturated rings. The van der Waals surface area contributed by atoms with Crippen molar-refractivity contribution < 1.29 is 9.53 Å². The summed E-state index contributed by atoms with van der Waals surface area (Å²) in [6.45, 7) is 7.30. The Morgan fingerprint density at radius 2 is 2.12 bits per heavy atom. The average molecular weight is 233 g/mol. The fourth-order valence-electron chi connectivity index (χ4n) is 2.47. The Kier molecular flexibility index (Phi) is 3.00. The second-order valence-electron chi connectivity index (χ2n) is 6.32. The molecule has 3 nitrogen and oxygen atoms in total. The number of carbonyl (C=O) groups is 1. The molecule has 0 atom stereocenters. The average Bonchev–Trinajstić information content (AvgIpc) is 2.13. The molecule has 0 unspecified atom stereocenters. The van der Waals surface area contributed by atoms with Gasteiger partial charge in [-0.3, -0.25) is 0 Å². The zero-order chi connectivity index (χ0) is 12.7. The first-order chi connectivity index (χ1) is 7.80. The van der Waals surface area contributed by atoms with Crippen LogP contribution in [0.1, 0.15) is 40.0 Å². The third kappa shape index (κ3) is 2.85. The molecule has 2 radical (unpaired) electrons. The highest BCUT2D eigenvalue weighted by atomic mass is 16.6. The number of nitrogens with zero attached hydrogens (tertiary/aromatic N) is 1. The molecular weight excluding hydrogens is 213 g/mol. The van der Waals surface area contributed by atoms with Crippen molar-refractivity contribution >= 4 is 13.9 Å². The second-order valence-corrected chi connectivity index (χ2v) is 6.32. The van der Waals surface area contributed by atoms with Crippen LogP contribution < -0.4 is 0 Å². The van der Waals surface area contributed by atoms with Crippen molar-refractivity contribution in [3.63, 3.8) is 0 Å². The van der Waals surface area contributed by atoms with Gasteiger partial charge >= 0.3 is 6.09 Å². The first kappa shape index (κ1) is 12.5. The predicted octanol–water partition coefficient (Wildman–Crippen LogP) is 2.46. The molecule has 2 aliphatic rings. The van der Waals surface area contributed by atoms with Crippen molar-refractivity contribution in [1.29, 1.82) is 0 Å². The molecule has 0 saturated carbocycles. The van der Waals surface area contributed by atoms with Crippen LogP contribution in [0.2, 0.25) is 0 Å². The number of ether oxygens (including phenoxy) is 1. The summed E-state index contributed by atoms with van der Waals surface area (Å²) in [5.41, 5.74) is 0.864. The molecule has 1 aliphatic heterocycles. The number of hydrogen-bond donors (Lipinski definition) is 0. The van der Waals surface area contributed by atoms with E-state index in [0.29, 0.717) is 0 Å². The van der Waals surface area contributed by atoms with Crippen molar-refractivity contribution in [3.8, 4) is 0 Å². The van der Waals surface area contributed by atoms with Crippen LogP contribution in [0.4, 0.5) is 4.79 Å². The minimum atomic E-state index is -0.406. The Morgan fingerprint density at radius 1 is 1.47 bits per heavy atom. The van der Waals surface area contributed by atoms with Gasteiger partial charge in [0.05, 0.1) is 0 Å². The highest BCUT2D eigenvalue weighted by Crippen LogP contribution is 2.42. The van der Waals surface area contributed by atoms with E-state index in [1.807, 2.05) is 20.8 Å². The summed E-state index contributed by atoms with van der Waals surface area (Å²) in [4.78, 5) is 13.6. The van der Waals surface area contributed by atoms with Crippen LogP contribution in [0, 0.1) is 5.41 Å². The number of amides is 1. The SMILES string of the molecule is [B]C1=CCC2(CC1)CN(C(=O)OC(C)(C)C)C2. The maximum Gasteiger partial charge on any atom is 0.410 e. The van der Waals surface area contributed by atoms with Gasteiger partial charge < -0.3 is 9.64 Å². The normalized spacial score (nSPS) is 23.0. The van der Waals surface area contributed by atoms with E-state index in [4.69, 9.17) is 12.6 Å². The largest absolute Gasteiger partial charge is 0.444 e. The molecule has 1 heterocycles. The van der Waals surface area contributed by atoms with E-state index in [0.717, 1.165) is 37.8 Å². The van der Waals surface area contributed by atoms with E-state index in [2.05, 4.69) is 6.08 Å². The number of allylic oxidation sites excluding steroid dienone is 2. The topological polar surface area (TPSA) is 29.5 Å². The molecule has 92 valence electrons. The lowest BCUT2D eigenvalue weighted by Crippen LogP contribution is -2.59. The predicted molar refractivity (Wildman–Crippen MR) is 67.9 cm³/mol. The van der Waals surface area contributed by atoms with Gasteiger partial charge in [-0.05, 0) is 40.0 Å². The molecule has 0 bridgehead atoms. The Morgan fingerprint density at radius 3 is 2.59 bits per heavy atom. The van der Waals surface area contributed by atoms with Gasteiger partial charge in [0.1, 0.15) is 13.4 Å². The maximum absolute atomic E-state index is 11.8. The summed E-state index contributed by atoms with van der Waals surface area (Å²) in [5.74, 6) is 0. The molecular formula is C13H20BNO2. The molecule has 1 saturated heterocycles. The van der Waals surface area contributed by atoms with E-state index in [9.17, 15) is 4.79 Å². The summed E-state index contributed by atoms with van der Waals surface area (Å²) in [7, 11) is 5.77. The number of carbonyl (C=O) groups excluding carboxylic acids is 1. The fourth-order valence-corrected chi connectivity index (χ4v) is 2.47.